The van der Waals surface area contributed by atoms with Gasteiger partial charge >= 0.3 is 0 Å². The molecule has 0 aromatic carbocycles. The fraction of sp³-hybridized carbons (Fsp3) is 0.474. The van der Waals surface area contributed by atoms with Crippen molar-refractivity contribution in [1.29, 1.82) is 0 Å². The predicted molar refractivity (Wildman–Crippen MR) is 98.3 cm³/mol. The number of fused-ring (bicyclic) bond motifs is 3. The normalized spacial score (nSPS) is 29.2. The smallest absolute Gasteiger partial charge is 0.195 e. The monoisotopic (exact) mass is 359 g/mol. The first-order valence-corrected chi connectivity index (χ1v) is 10.0. The summed E-state index contributed by atoms with van der Waals surface area (Å²) >= 11 is 3.08. The average molecular weight is 360 g/mol. The number of aliphatic hydroxyl groups is 1. The third-order valence-corrected chi connectivity index (χ3v) is 7.24. The van der Waals surface area contributed by atoms with E-state index in [4.69, 9.17) is 4.74 Å². The van der Waals surface area contributed by atoms with E-state index in [1.54, 1.807) is 7.11 Å². The van der Waals surface area contributed by atoms with Crippen molar-refractivity contribution in [2.24, 2.45) is 5.92 Å². The van der Waals surface area contributed by atoms with Gasteiger partial charge < -0.3 is 9.84 Å². The van der Waals surface area contributed by atoms with Gasteiger partial charge in [0.2, 0.25) is 0 Å². The largest absolute Gasteiger partial charge is 0.368 e. The van der Waals surface area contributed by atoms with Crippen molar-refractivity contribution in [3.8, 4) is 11.8 Å². The van der Waals surface area contributed by atoms with Crippen LogP contribution >= 0.6 is 22.7 Å². The van der Waals surface area contributed by atoms with Crippen LogP contribution in [0.2, 0.25) is 0 Å². The second kappa shape index (κ2) is 6.29. The molecule has 1 atom stereocenters. The zero-order valence-corrected chi connectivity index (χ0v) is 15.3. The minimum atomic E-state index is -1.25. The highest BCUT2D eigenvalue weighted by Crippen LogP contribution is 2.39. The van der Waals surface area contributed by atoms with Crippen molar-refractivity contribution in [3.63, 3.8) is 0 Å². The molecule has 0 aliphatic carbocycles. The molecule has 0 spiro atoms. The number of thiophene rings is 2. The van der Waals surface area contributed by atoms with Crippen LogP contribution in [-0.2, 0) is 10.3 Å². The lowest BCUT2D eigenvalue weighted by molar-refractivity contribution is -0.0964. The van der Waals surface area contributed by atoms with Crippen molar-refractivity contribution in [2.45, 2.75) is 24.0 Å². The van der Waals surface area contributed by atoms with Crippen LogP contribution in [0.5, 0.6) is 0 Å². The summed E-state index contributed by atoms with van der Waals surface area (Å²) in [6.45, 7) is 3.11. The molecule has 2 aromatic rings. The molecule has 2 bridgehead atoms. The number of ether oxygens (including phenoxy) is 1. The van der Waals surface area contributed by atoms with Gasteiger partial charge in [-0.3, -0.25) is 4.90 Å². The molecule has 3 aliphatic rings. The van der Waals surface area contributed by atoms with Crippen LogP contribution in [0.1, 0.15) is 22.6 Å². The lowest BCUT2D eigenvalue weighted by Gasteiger charge is -2.49. The van der Waals surface area contributed by atoms with Gasteiger partial charge in [-0.15, -0.1) is 22.7 Å². The second-order valence-corrected chi connectivity index (χ2v) is 8.45. The second-order valence-electron chi connectivity index (χ2n) is 6.56. The third kappa shape index (κ3) is 2.63. The molecule has 2 aromatic heterocycles. The molecule has 0 amide bonds. The SMILES string of the molecule is CO[C@@]1(C#CC(O)(c2cccs2)c2cccs2)CN2CCC1CC2. The van der Waals surface area contributed by atoms with E-state index in [0.717, 1.165) is 42.2 Å². The Hall–Kier alpha value is -1.16. The Bertz CT molecular complexity index is 702. The fourth-order valence-electron chi connectivity index (χ4n) is 3.85. The molecule has 1 N–H and O–H groups in total. The topological polar surface area (TPSA) is 32.7 Å². The van der Waals surface area contributed by atoms with E-state index >= 15 is 0 Å². The van der Waals surface area contributed by atoms with Gasteiger partial charge in [0.05, 0.1) is 9.75 Å². The molecule has 0 unspecified atom stereocenters. The van der Waals surface area contributed by atoms with E-state index < -0.39 is 11.2 Å². The molecule has 3 saturated heterocycles. The van der Waals surface area contributed by atoms with Gasteiger partial charge in [0, 0.05) is 19.6 Å². The Kier molecular flexibility index (Phi) is 4.27. The van der Waals surface area contributed by atoms with E-state index in [0.29, 0.717) is 5.92 Å². The van der Waals surface area contributed by atoms with Crippen LogP contribution in [0.25, 0.3) is 0 Å². The average Bonchev–Trinajstić information content (AvgIpc) is 3.34. The van der Waals surface area contributed by atoms with Crippen molar-refractivity contribution in [3.05, 3.63) is 44.8 Å². The maximum atomic E-state index is 11.4. The predicted octanol–water partition coefficient (Wildman–Crippen LogP) is 3.16. The highest BCUT2D eigenvalue weighted by Gasteiger charge is 2.46. The molecule has 126 valence electrons. The molecule has 0 radical (unpaired) electrons. The van der Waals surface area contributed by atoms with Gasteiger partial charge in [0.25, 0.3) is 0 Å². The van der Waals surface area contributed by atoms with Crippen molar-refractivity contribution >= 4 is 22.7 Å². The van der Waals surface area contributed by atoms with Gasteiger partial charge in [-0.05, 0) is 48.8 Å². The summed E-state index contributed by atoms with van der Waals surface area (Å²) in [6.07, 6.45) is 2.25. The number of nitrogens with zero attached hydrogens (tertiary/aromatic N) is 1. The molecule has 5 rings (SSSR count). The van der Waals surface area contributed by atoms with Gasteiger partial charge in [0.15, 0.2) is 5.60 Å². The van der Waals surface area contributed by atoms with E-state index in [1.807, 2.05) is 35.0 Å². The van der Waals surface area contributed by atoms with Gasteiger partial charge in [-0.1, -0.05) is 24.0 Å². The zero-order valence-electron chi connectivity index (χ0n) is 13.7. The highest BCUT2D eigenvalue weighted by atomic mass is 32.1. The lowest BCUT2D eigenvalue weighted by atomic mass is 9.75. The van der Waals surface area contributed by atoms with Gasteiger partial charge in [-0.2, -0.15) is 0 Å². The molecule has 3 aliphatic heterocycles. The summed E-state index contributed by atoms with van der Waals surface area (Å²) in [5.41, 5.74) is -1.71. The minimum absolute atomic E-state index is 0.455. The Balaban J connectivity index is 1.75. The van der Waals surface area contributed by atoms with E-state index in [1.165, 1.54) is 22.7 Å². The molecule has 24 heavy (non-hydrogen) atoms. The Morgan fingerprint density at radius 2 is 1.83 bits per heavy atom. The van der Waals surface area contributed by atoms with Gasteiger partial charge in [0.1, 0.15) is 5.60 Å². The Labute approximate surface area is 150 Å². The Morgan fingerprint density at radius 1 is 1.21 bits per heavy atom. The maximum absolute atomic E-state index is 11.4. The molecule has 5 heteroatoms. The van der Waals surface area contributed by atoms with Crippen LogP contribution < -0.4 is 0 Å². The molecule has 0 saturated carbocycles. The first-order chi connectivity index (χ1) is 11.7. The summed E-state index contributed by atoms with van der Waals surface area (Å²) in [5, 5.41) is 15.4. The van der Waals surface area contributed by atoms with Crippen LogP contribution in [-0.4, -0.2) is 42.4 Å². The first kappa shape index (κ1) is 16.3. The van der Waals surface area contributed by atoms with Crippen LogP contribution in [0.3, 0.4) is 0 Å². The number of rotatable bonds is 3. The quantitative estimate of drug-likeness (QED) is 0.855. The van der Waals surface area contributed by atoms with E-state index in [2.05, 4.69) is 16.7 Å². The summed E-state index contributed by atoms with van der Waals surface area (Å²) in [5.74, 6) is 7.06. The van der Waals surface area contributed by atoms with Crippen LogP contribution in [0, 0.1) is 17.8 Å². The van der Waals surface area contributed by atoms with Crippen molar-refractivity contribution in [2.75, 3.05) is 26.7 Å². The zero-order chi connectivity index (χ0) is 16.6. The Morgan fingerprint density at radius 3 is 2.25 bits per heavy atom. The highest BCUT2D eigenvalue weighted by molar-refractivity contribution is 7.11. The van der Waals surface area contributed by atoms with Crippen molar-refractivity contribution < 1.29 is 9.84 Å². The van der Waals surface area contributed by atoms with Crippen LogP contribution in [0.4, 0.5) is 0 Å². The summed E-state index contributed by atoms with van der Waals surface area (Å²) in [4.78, 5) is 4.16. The number of hydrogen-bond acceptors (Lipinski definition) is 5. The van der Waals surface area contributed by atoms with Gasteiger partial charge in [-0.25, -0.2) is 0 Å². The van der Waals surface area contributed by atoms with Crippen LogP contribution in [0.15, 0.2) is 35.0 Å². The molecule has 3 fully saturated rings. The lowest BCUT2D eigenvalue weighted by Crippen LogP contribution is -2.59. The molecular formula is C19H21NO2S2. The number of piperidine rings is 3. The maximum Gasteiger partial charge on any atom is 0.195 e. The minimum Gasteiger partial charge on any atom is -0.368 e. The standard InChI is InChI=1S/C19H21NO2S2/c1-22-18(14-20-10-6-15(18)7-11-20)8-9-19(21,16-4-2-12-23-16)17-5-3-13-24-17/h2-5,12-13,15,21H,6-7,10-11,14H2,1H3/t18-/m0/s1. The summed E-state index contributed by atoms with van der Waals surface area (Å²) in [7, 11) is 1.76. The fourth-order valence-corrected chi connectivity index (χ4v) is 5.50. The summed E-state index contributed by atoms with van der Waals surface area (Å²) < 4.78 is 5.92. The van der Waals surface area contributed by atoms with Crippen molar-refractivity contribution in [1.82, 2.24) is 4.90 Å². The van der Waals surface area contributed by atoms with E-state index in [-0.39, 0.29) is 0 Å². The number of hydrogen-bond donors (Lipinski definition) is 1. The molecule has 3 nitrogen and oxygen atoms in total. The molecule has 5 heterocycles. The van der Waals surface area contributed by atoms with E-state index in [9.17, 15) is 5.11 Å². The third-order valence-electron chi connectivity index (χ3n) is 5.28. The summed E-state index contributed by atoms with van der Waals surface area (Å²) in [6, 6.07) is 7.82. The first-order valence-electron chi connectivity index (χ1n) is 8.28. The molecular weight excluding hydrogens is 338 g/mol. The number of methoxy groups -OCH3 is 1.